The van der Waals surface area contributed by atoms with E-state index in [2.05, 4.69) is 5.32 Å². The molecule has 0 bridgehead atoms. The number of anilines is 1. The molecule has 118 valence electrons. The lowest BCUT2D eigenvalue weighted by Crippen LogP contribution is -2.20. The first-order valence-electron chi connectivity index (χ1n) is 6.45. The SMILES string of the molecule is C.N=c1oc2c(O)cccc2cc1C(=O)Nc1cccc(O)c1. The Morgan fingerprint density at radius 2 is 1.83 bits per heavy atom. The topological polar surface area (TPSA) is 107 Å². The van der Waals surface area contributed by atoms with Crippen molar-refractivity contribution in [1.82, 2.24) is 0 Å². The maximum Gasteiger partial charge on any atom is 0.261 e. The zero-order chi connectivity index (χ0) is 15.7. The summed E-state index contributed by atoms with van der Waals surface area (Å²) in [5.74, 6) is -0.604. The molecular formula is C17H16N2O4. The molecule has 0 aliphatic heterocycles. The van der Waals surface area contributed by atoms with Crippen LogP contribution in [0.3, 0.4) is 0 Å². The Morgan fingerprint density at radius 1 is 1.09 bits per heavy atom. The van der Waals surface area contributed by atoms with Crippen molar-refractivity contribution in [2.75, 3.05) is 5.32 Å². The van der Waals surface area contributed by atoms with Crippen LogP contribution in [0.25, 0.3) is 11.0 Å². The highest BCUT2D eigenvalue weighted by Gasteiger charge is 2.13. The third-order valence-electron chi connectivity index (χ3n) is 3.12. The quantitative estimate of drug-likeness (QED) is 0.583. The van der Waals surface area contributed by atoms with Crippen LogP contribution in [0.15, 0.2) is 52.9 Å². The van der Waals surface area contributed by atoms with Gasteiger partial charge < -0.3 is 19.9 Å². The lowest BCUT2D eigenvalue weighted by molar-refractivity contribution is 0.102. The zero-order valence-corrected chi connectivity index (χ0v) is 11.3. The first-order chi connectivity index (χ1) is 10.5. The van der Waals surface area contributed by atoms with Gasteiger partial charge in [0, 0.05) is 17.1 Å². The Balaban J connectivity index is 0.00000192. The van der Waals surface area contributed by atoms with Gasteiger partial charge in [0.25, 0.3) is 5.91 Å². The molecule has 4 N–H and O–H groups in total. The smallest absolute Gasteiger partial charge is 0.261 e. The number of carbonyl (C=O) groups excluding carboxylic acids is 1. The molecule has 1 aromatic heterocycles. The Bertz CT molecular complexity index is 931. The number of benzene rings is 2. The van der Waals surface area contributed by atoms with E-state index in [1.54, 1.807) is 24.3 Å². The van der Waals surface area contributed by atoms with Gasteiger partial charge in [0.2, 0.25) is 5.55 Å². The van der Waals surface area contributed by atoms with Gasteiger partial charge in [0.15, 0.2) is 11.3 Å². The van der Waals surface area contributed by atoms with E-state index in [1.807, 2.05) is 0 Å². The maximum atomic E-state index is 12.2. The third kappa shape index (κ3) is 3.16. The van der Waals surface area contributed by atoms with Crippen molar-refractivity contribution >= 4 is 22.6 Å². The number of hydrogen-bond donors (Lipinski definition) is 4. The van der Waals surface area contributed by atoms with Crippen LogP contribution in [-0.4, -0.2) is 16.1 Å². The highest BCUT2D eigenvalue weighted by Crippen LogP contribution is 2.23. The summed E-state index contributed by atoms with van der Waals surface area (Å²) in [5.41, 5.74) is 0.231. The van der Waals surface area contributed by atoms with Gasteiger partial charge in [0.05, 0.1) is 0 Å². The molecule has 0 fully saturated rings. The number of hydrogen-bond acceptors (Lipinski definition) is 5. The molecule has 0 aliphatic carbocycles. The Hall–Kier alpha value is -3.28. The van der Waals surface area contributed by atoms with Gasteiger partial charge in [-0.25, -0.2) is 0 Å². The van der Waals surface area contributed by atoms with Crippen molar-refractivity contribution in [2.45, 2.75) is 7.43 Å². The molecule has 0 atom stereocenters. The molecule has 1 amide bonds. The Kier molecular flexibility index (Phi) is 4.36. The van der Waals surface area contributed by atoms with Crippen molar-refractivity contribution in [3.8, 4) is 11.5 Å². The van der Waals surface area contributed by atoms with Crippen molar-refractivity contribution in [3.05, 3.63) is 59.6 Å². The number of phenols is 2. The number of amides is 1. The number of phenolic OH excluding ortho intramolecular Hbond substituents is 2. The van der Waals surface area contributed by atoms with E-state index in [0.717, 1.165) is 0 Å². The lowest BCUT2D eigenvalue weighted by Gasteiger charge is -2.07. The first kappa shape index (κ1) is 16.1. The minimum atomic E-state index is -0.537. The van der Waals surface area contributed by atoms with E-state index in [0.29, 0.717) is 11.1 Å². The highest BCUT2D eigenvalue weighted by atomic mass is 16.4. The summed E-state index contributed by atoms with van der Waals surface area (Å²) in [6.07, 6.45) is 0. The minimum Gasteiger partial charge on any atom is -0.508 e. The monoisotopic (exact) mass is 312 g/mol. The zero-order valence-electron chi connectivity index (χ0n) is 11.3. The van der Waals surface area contributed by atoms with Gasteiger partial charge in [-0.3, -0.25) is 10.2 Å². The Morgan fingerprint density at radius 3 is 2.57 bits per heavy atom. The van der Waals surface area contributed by atoms with Crippen LogP contribution in [-0.2, 0) is 0 Å². The number of para-hydroxylation sites is 1. The molecule has 0 saturated heterocycles. The van der Waals surface area contributed by atoms with E-state index in [9.17, 15) is 15.0 Å². The summed E-state index contributed by atoms with van der Waals surface area (Å²) in [5, 5.41) is 30.0. The summed E-state index contributed by atoms with van der Waals surface area (Å²) in [4.78, 5) is 12.2. The largest absolute Gasteiger partial charge is 0.508 e. The van der Waals surface area contributed by atoms with Gasteiger partial charge in [-0.1, -0.05) is 25.6 Å². The van der Waals surface area contributed by atoms with Gasteiger partial charge in [0.1, 0.15) is 11.3 Å². The highest BCUT2D eigenvalue weighted by molar-refractivity contribution is 6.05. The second-order valence-corrected chi connectivity index (χ2v) is 4.69. The third-order valence-corrected chi connectivity index (χ3v) is 3.12. The van der Waals surface area contributed by atoms with Gasteiger partial charge in [-0.05, 0) is 24.3 Å². The van der Waals surface area contributed by atoms with Crippen molar-refractivity contribution in [2.24, 2.45) is 0 Å². The molecule has 0 radical (unpaired) electrons. The molecule has 23 heavy (non-hydrogen) atoms. The second-order valence-electron chi connectivity index (χ2n) is 4.69. The van der Waals surface area contributed by atoms with Gasteiger partial charge in [-0.2, -0.15) is 0 Å². The number of rotatable bonds is 2. The summed E-state index contributed by atoms with van der Waals surface area (Å²) < 4.78 is 5.21. The van der Waals surface area contributed by atoms with Gasteiger partial charge >= 0.3 is 0 Å². The fourth-order valence-corrected chi connectivity index (χ4v) is 2.10. The molecule has 0 spiro atoms. The Labute approximate surface area is 132 Å². The maximum absolute atomic E-state index is 12.2. The summed E-state index contributed by atoms with van der Waals surface area (Å²) in [6.45, 7) is 0. The van der Waals surface area contributed by atoms with Crippen LogP contribution in [0.1, 0.15) is 17.8 Å². The normalized spacial score (nSPS) is 10.1. The number of carbonyl (C=O) groups is 1. The average Bonchev–Trinajstić information content (AvgIpc) is 2.47. The molecule has 1 heterocycles. The minimum absolute atomic E-state index is 0. The average molecular weight is 312 g/mol. The standard InChI is InChI=1S/C16H12N2O4.CH4/c17-15-12(7-9-3-1-6-13(20)14(9)22-15)16(21)18-10-4-2-5-11(19)8-10;/h1-8,17,19-20H,(H,18,21);1H4. The predicted molar refractivity (Wildman–Crippen MR) is 86.5 cm³/mol. The first-order valence-corrected chi connectivity index (χ1v) is 6.45. The molecule has 0 aliphatic rings. The van der Waals surface area contributed by atoms with Crippen LogP contribution in [0.2, 0.25) is 0 Å². The van der Waals surface area contributed by atoms with Crippen LogP contribution in [0.5, 0.6) is 11.5 Å². The van der Waals surface area contributed by atoms with Crippen LogP contribution in [0, 0.1) is 5.41 Å². The number of aromatic hydroxyl groups is 2. The summed E-state index contributed by atoms with van der Waals surface area (Å²) in [7, 11) is 0. The van der Waals surface area contributed by atoms with E-state index in [1.165, 1.54) is 24.3 Å². The molecule has 2 aromatic carbocycles. The van der Waals surface area contributed by atoms with Gasteiger partial charge in [-0.15, -0.1) is 0 Å². The second kappa shape index (κ2) is 6.23. The molecule has 6 heteroatoms. The molecule has 0 unspecified atom stereocenters. The molecule has 0 saturated carbocycles. The van der Waals surface area contributed by atoms with Crippen molar-refractivity contribution < 1.29 is 19.4 Å². The molecular weight excluding hydrogens is 296 g/mol. The molecule has 3 rings (SSSR count). The van der Waals surface area contributed by atoms with Crippen LogP contribution in [0.4, 0.5) is 5.69 Å². The lowest BCUT2D eigenvalue weighted by atomic mass is 10.1. The van der Waals surface area contributed by atoms with Crippen LogP contribution < -0.4 is 10.9 Å². The fourth-order valence-electron chi connectivity index (χ4n) is 2.10. The van der Waals surface area contributed by atoms with Crippen molar-refractivity contribution in [3.63, 3.8) is 0 Å². The van der Waals surface area contributed by atoms with E-state index in [4.69, 9.17) is 9.83 Å². The summed E-state index contributed by atoms with van der Waals surface area (Å²) >= 11 is 0. The number of fused-ring (bicyclic) bond motifs is 1. The molecule has 3 aromatic rings. The predicted octanol–water partition coefficient (Wildman–Crippen LogP) is 3.21. The summed E-state index contributed by atoms with van der Waals surface area (Å²) in [6, 6.07) is 12.3. The number of nitrogens with one attached hydrogen (secondary N) is 2. The van der Waals surface area contributed by atoms with Crippen LogP contribution >= 0.6 is 0 Å². The van der Waals surface area contributed by atoms with E-state index >= 15 is 0 Å². The fraction of sp³-hybridized carbons (Fsp3) is 0.0588. The van der Waals surface area contributed by atoms with Crippen molar-refractivity contribution in [1.29, 1.82) is 5.41 Å². The van der Waals surface area contributed by atoms with E-state index < -0.39 is 5.91 Å². The molecule has 6 nitrogen and oxygen atoms in total. The van der Waals surface area contributed by atoms with E-state index in [-0.39, 0.29) is 35.6 Å².